The first-order chi connectivity index (χ1) is 17.1. The average Bonchev–Trinajstić information content (AvgIpc) is 3.44. The molecule has 0 spiro atoms. The second-order valence-corrected chi connectivity index (χ2v) is 8.99. The van der Waals surface area contributed by atoms with Crippen LogP contribution in [0.2, 0.25) is 0 Å². The van der Waals surface area contributed by atoms with Crippen LogP contribution < -0.4 is 10.1 Å². The summed E-state index contributed by atoms with van der Waals surface area (Å²) in [5, 5.41) is 9.07. The molecule has 2 amide bonds. The number of benzene rings is 1. The smallest absolute Gasteiger partial charge is 0.250 e. The van der Waals surface area contributed by atoms with Gasteiger partial charge in [-0.2, -0.15) is 5.10 Å². The highest BCUT2D eigenvalue weighted by molar-refractivity contribution is 6.00. The standard InChI is InChI=1S/C23H20F5N5O3/c24-11-36-18-3-1-12(5-14(18)26)22(9-23(27,28)10-22)21(35)33-8-13(25)6-17(33)20(34)31-19-4-2-15-16(30-19)7-29-32-15/h1-5,7,13,17H,6,8-11H2,(H,29,32)(H,30,31,34)/t13-,17-/m1/s1. The van der Waals surface area contributed by atoms with E-state index in [1.165, 1.54) is 18.3 Å². The van der Waals surface area contributed by atoms with Crippen LogP contribution in [0.25, 0.3) is 11.0 Å². The first kappa shape index (κ1) is 23.9. The maximum atomic E-state index is 14.5. The number of aromatic nitrogens is 3. The second kappa shape index (κ2) is 8.71. The Balaban J connectivity index is 1.42. The molecule has 2 atom stereocenters. The maximum absolute atomic E-state index is 14.5. The van der Waals surface area contributed by atoms with Crippen molar-refractivity contribution in [1.82, 2.24) is 20.1 Å². The van der Waals surface area contributed by atoms with E-state index in [1.807, 2.05) is 0 Å². The molecular weight excluding hydrogens is 489 g/mol. The van der Waals surface area contributed by atoms with Gasteiger partial charge in [-0.25, -0.2) is 26.9 Å². The van der Waals surface area contributed by atoms with E-state index in [0.717, 1.165) is 17.0 Å². The molecule has 190 valence electrons. The molecule has 13 heteroatoms. The largest absolute Gasteiger partial charge is 0.460 e. The van der Waals surface area contributed by atoms with Gasteiger partial charge < -0.3 is 15.0 Å². The summed E-state index contributed by atoms with van der Waals surface area (Å²) in [5.41, 5.74) is -0.878. The molecule has 0 unspecified atom stereocenters. The van der Waals surface area contributed by atoms with Crippen LogP contribution in [0.15, 0.2) is 36.5 Å². The quantitative estimate of drug-likeness (QED) is 0.495. The van der Waals surface area contributed by atoms with Gasteiger partial charge in [-0.15, -0.1) is 0 Å². The number of carbonyl (C=O) groups excluding carboxylic acids is 2. The summed E-state index contributed by atoms with van der Waals surface area (Å²) in [6, 6.07) is 4.89. The highest BCUT2D eigenvalue weighted by atomic mass is 19.3. The molecule has 1 saturated heterocycles. The number of carbonyl (C=O) groups is 2. The van der Waals surface area contributed by atoms with Crippen LogP contribution in [0.4, 0.5) is 27.8 Å². The van der Waals surface area contributed by atoms with E-state index in [-0.39, 0.29) is 17.8 Å². The monoisotopic (exact) mass is 509 g/mol. The lowest BCUT2D eigenvalue weighted by Gasteiger charge is -2.48. The lowest BCUT2D eigenvalue weighted by molar-refractivity contribution is -0.169. The minimum Gasteiger partial charge on any atom is -0.460 e. The Morgan fingerprint density at radius 2 is 2.00 bits per heavy atom. The Kier molecular flexibility index (Phi) is 5.80. The predicted molar refractivity (Wildman–Crippen MR) is 116 cm³/mol. The summed E-state index contributed by atoms with van der Waals surface area (Å²) in [5.74, 6) is -6.20. The predicted octanol–water partition coefficient (Wildman–Crippen LogP) is 3.65. The molecule has 3 aromatic rings. The van der Waals surface area contributed by atoms with Gasteiger partial charge in [0.15, 0.2) is 11.6 Å². The fraction of sp³-hybridized carbons (Fsp3) is 0.391. The van der Waals surface area contributed by atoms with Crippen LogP contribution in [-0.4, -0.2) is 63.4 Å². The molecule has 1 aromatic carbocycles. The van der Waals surface area contributed by atoms with Crippen molar-refractivity contribution in [3.63, 3.8) is 0 Å². The second-order valence-electron chi connectivity index (χ2n) is 8.99. The van der Waals surface area contributed by atoms with Crippen LogP contribution in [0.3, 0.4) is 0 Å². The van der Waals surface area contributed by atoms with Gasteiger partial charge in [0.05, 0.1) is 23.7 Å². The van der Waals surface area contributed by atoms with Crippen molar-refractivity contribution in [1.29, 1.82) is 0 Å². The van der Waals surface area contributed by atoms with E-state index in [9.17, 15) is 31.5 Å². The molecule has 36 heavy (non-hydrogen) atoms. The number of aromatic amines is 1. The third-order valence-corrected chi connectivity index (χ3v) is 6.59. The minimum absolute atomic E-state index is 0.0873. The molecule has 1 saturated carbocycles. The van der Waals surface area contributed by atoms with Gasteiger partial charge >= 0.3 is 0 Å². The summed E-state index contributed by atoms with van der Waals surface area (Å²) < 4.78 is 74.0. The number of hydrogen-bond donors (Lipinski definition) is 2. The topological polar surface area (TPSA) is 100 Å². The molecule has 2 aliphatic rings. The van der Waals surface area contributed by atoms with Crippen molar-refractivity contribution in [2.24, 2.45) is 0 Å². The molecule has 1 aliphatic heterocycles. The van der Waals surface area contributed by atoms with Crippen LogP contribution in [0, 0.1) is 5.82 Å². The van der Waals surface area contributed by atoms with Crippen LogP contribution in [0.1, 0.15) is 24.8 Å². The third kappa shape index (κ3) is 4.11. The fourth-order valence-corrected chi connectivity index (χ4v) is 4.93. The number of nitrogens with zero attached hydrogens (tertiary/aromatic N) is 3. The summed E-state index contributed by atoms with van der Waals surface area (Å²) in [4.78, 5) is 31.8. The number of rotatable bonds is 6. The first-order valence-electron chi connectivity index (χ1n) is 11.0. The molecule has 8 nitrogen and oxygen atoms in total. The number of likely N-dealkylation sites (tertiary alicyclic amines) is 1. The number of alkyl halides is 4. The zero-order chi connectivity index (χ0) is 25.7. The number of amides is 2. The molecule has 3 heterocycles. The molecule has 2 aromatic heterocycles. The first-order valence-corrected chi connectivity index (χ1v) is 11.0. The number of ether oxygens (including phenoxy) is 1. The van der Waals surface area contributed by atoms with Gasteiger partial charge in [0.2, 0.25) is 18.7 Å². The van der Waals surface area contributed by atoms with E-state index in [4.69, 9.17) is 0 Å². The number of fused-ring (bicyclic) bond motifs is 1. The van der Waals surface area contributed by atoms with E-state index in [1.54, 1.807) is 6.07 Å². The average molecular weight is 509 g/mol. The van der Waals surface area contributed by atoms with Crippen molar-refractivity contribution in [2.75, 3.05) is 18.7 Å². The highest BCUT2D eigenvalue weighted by Gasteiger charge is 2.64. The van der Waals surface area contributed by atoms with E-state index in [2.05, 4.69) is 25.2 Å². The maximum Gasteiger partial charge on any atom is 0.250 e. The molecule has 0 radical (unpaired) electrons. The molecule has 2 fully saturated rings. The molecular formula is C23H20F5N5O3. The molecule has 2 N–H and O–H groups in total. The number of H-pyrrole nitrogens is 1. The zero-order valence-electron chi connectivity index (χ0n) is 18.6. The van der Waals surface area contributed by atoms with Gasteiger partial charge in [-0.05, 0) is 29.8 Å². The Labute approximate surface area is 200 Å². The summed E-state index contributed by atoms with van der Waals surface area (Å²) in [6.45, 7) is -1.78. The van der Waals surface area contributed by atoms with E-state index >= 15 is 0 Å². The highest BCUT2D eigenvalue weighted by Crippen LogP contribution is 2.55. The van der Waals surface area contributed by atoms with Crippen LogP contribution in [0.5, 0.6) is 5.75 Å². The van der Waals surface area contributed by atoms with Gasteiger partial charge in [-0.3, -0.25) is 14.7 Å². The van der Waals surface area contributed by atoms with Gasteiger partial charge in [0, 0.05) is 19.3 Å². The summed E-state index contributed by atoms with van der Waals surface area (Å²) >= 11 is 0. The van der Waals surface area contributed by atoms with Crippen molar-refractivity contribution >= 4 is 28.7 Å². The summed E-state index contributed by atoms with van der Waals surface area (Å²) in [6.07, 6.45) is -2.35. The van der Waals surface area contributed by atoms with Gasteiger partial charge in [0.25, 0.3) is 5.92 Å². The van der Waals surface area contributed by atoms with Crippen molar-refractivity contribution in [3.05, 3.63) is 47.9 Å². The van der Waals surface area contributed by atoms with Gasteiger partial charge in [0.1, 0.15) is 23.5 Å². The minimum atomic E-state index is -3.21. The van der Waals surface area contributed by atoms with Crippen LogP contribution >= 0.6 is 0 Å². The Morgan fingerprint density at radius 1 is 1.22 bits per heavy atom. The van der Waals surface area contributed by atoms with Crippen molar-refractivity contribution in [2.45, 2.75) is 42.8 Å². The van der Waals surface area contributed by atoms with E-state index < -0.39 is 73.2 Å². The zero-order valence-corrected chi connectivity index (χ0v) is 18.6. The normalized spacial score (nSPS) is 22.3. The molecule has 1 aliphatic carbocycles. The Hall–Kier alpha value is -3.77. The van der Waals surface area contributed by atoms with Crippen molar-refractivity contribution in [3.8, 4) is 5.75 Å². The van der Waals surface area contributed by atoms with Gasteiger partial charge in [-0.1, -0.05) is 6.07 Å². The van der Waals surface area contributed by atoms with Crippen molar-refractivity contribution < 1.29 is 36.3 Å². The molecule has 5 rings (SSSR count). The molecule has 0 bridgehead atoms. The fourth-order valence-electron chi connectivity index (χ4n) is 4.93. The number of hydrogen-bond acceptors (Lipinski definition) is 5. The number of halogens is 5. The van der Waals surface area contributed by atoms with Crippen LogP contribution in [-0.2, 0) is 15.0 Å². The Morgan fingerprint density at radius 3 is 2.69 bits per heavy atom. The SMILES string of the molecule is O=C(Nc1ccc2[nH]ncc2n1)[C@H]1C[C@@H](F)CN1C(=O)C1(c2ccc(OCF)c(F)c2)CC(F)(F)C1. The Bertz CT molecular complexity index is 1320. The number of anilines is 1. The number of nitrogens with one attached hydrogen (secondary N) is 2. The lowest BCUT2D eigenvalue weighted by atomic mass is 9.61. The third-order valence-electron chi connectivity index (χ3n) is 6.59. The summed E-state index contributed by atoms with van der Waals surface area (Å²) in [7, 11) is 0. The number of pyridine rings is 1. The van der Waals surface area contributed by atoms with E-state index in [0.29, 0.717) is 11.0 Å². The lowest BCUT2D eigenvalue weighted by Crippen LogP contribution is -2.61.